The number of nitrogens with one attached hydrogen (secondary N) is 1. The molecule has 1 fully saturated rings. The molecule has 1 rings (SSSR count). The molecule has 1 heterocycles. The summed E-state index contributed by atoms with van der Waals surface area (Å²) in [6, 6.07) is 0.353. The second-order valence-corrected chi connectivity index (χ2v) is 6.65. The van der Waals surface area contributed by atoms with Crippen molar-refractivity contribution < 1.29 is 9.47 Å². The molecule has 0 bridgehead atoms. The van der Waals surface area contributed by atoms with Gasteiger partial charge in [0, 0.05) is 19.1 Å². The molecule has 0 saturated carbocycles. The average Bonchev–Trinajstić information content (AvgIpc) is 2.47. The molecule has 3 unspecified atom stereocenters. The van der Waals surface area contributed by atoms with Gasteiger partial charge in [-0.1, -0.05) is 13.3 Å². The Kier molecular flexibility index (Phi) is 5.22. The van der Waals surface area contributed by atoms with Crippen LogP contribution in [0, 0.1) is 5.92 Å². The van der Waals surface area contributed by atoms with Gasteiger partial charge in [0.1, 0.15) is 0 Å². The summed E-state index contributed by atoms with van der Waals surface area (Å²) >= 11 is 0. The molecule has 0 aromatic heterocycles. The molecular formula is C15H31NO2. The van der Waals surface area contributed by atoms with Crippen molar-refractivity contribution >= 4 is 0 Å². The van der Waals surface area contributed by atoms with Crippen molar-refractivity contribution in [1.82, 2.24) is 5.32 Å². The van der Waals surface area contributed by atoms with Gasteiger partial charge in [-0.15, -0.1) is 0 Å². The first-order chi connectivity index (χ1) is 8.27. The fraction of sp³-hybridized carbons (Fsp3) is 1.00. The lowest BCUT2D eigenvalue weighted by Crippen LogP contribution is -2.50. The van der Waals surface area contributed by atoms with Crippen molar-refractivity contribution in [3.63, 3.8) is 0 Å². The lowest BCUT2D eigenvalue weighted by molar-refractivity contribution is -0.0842. The highest BCUT2D eigenvalue weighted by Gasteiger charge is 2.50. The summed E-state index contributed by atoms with van der Waals surface area (Å²) in [7, 11) is 3.85. The molecule has 0 aromatic rings. The van der Waals surface area contributed by atoms with Crippen LogP contribution in [-0.2, 0) is 9.47 Å². The quantitative estimate of drug-likeness (QED) is 0.793. The van der Waals surface area contributed by atoms with E-state index in [4.69, 9.17) is 9.47 Å². The summed E-state index contributed by atoms with van der Waals surface area (Å²) < 4.78 is 11.9. The van der Waals surface area contributed by atoms with E-state index >= 15 is 0 Å². The molecule has 3 heteroatoms. The monoisotopic (exact) mass is 257 g/mol. The van der Waals surface area contributed by atoms with Gasteiger partial charge in [-0.25, -0.2) is 0 Å². The van der Waals surface area contributed by atoms with Crippen LogP contribution >= 0.6 is 0 Å². The normalized spacial score (nSPS) is 29.2. The van der Waals surface area contributed by atoms with Crippen LogP contribution in [0.4, 0.5) is 0 Å². The lowest BCUT2D eigenvalue weighted by Gasteiger charge is -2.36. The van der Waals surface area contributed by atoms with Gasteiger partial charge in [0.05, 0.1) is 17.3 Å². The van der Waals surface area contributed by atoms with Crippen molar-refractivity contribution in [2.75, 3.05) is 14.2 Å². The summed E-state index contributed by atoms with van der Waals surface area (Å²) in [5.74, 6) is 0.481. The Balaban J connectivity index is 2.87. The molecule has 0 radical (unpaired) electrons. The second kappa shape index (κ2) is 5.89. The summed E-state index contributed by atoms with van der Waals surface area (Å²) in [5, 5.41) is 3.47. The number of hydrogen-bond acceptors (Lipinski definition) is 3. The predicted molar refractivity (Wildman–Crippen MR) is 75.9 cm³/mol. The third kappa shape index (κ3) is 3.46. The highest BCUT2D eigenvalue weighted by Crippen LogP contribution is 2.44. The van der Waals surface area contributed by atoms with Gasteiger partial charge in [0.25, 0.3) is 0 Å². The van der Waals surface area contributed by atoms with E-state index in [0.717, 1.165) is 19.3 Å². The first-order valence-corrected chi connectivity index (χ1v) is 7.17. The van der Waals surface area contributed by atoms with Crippen LogP contribution in [0.5, 0.6) is 0 Å². The van der Waals surface area contributed by atoms with Crippen molar-refractivity contribution in [2.45, 2.75) is 77.2 Å². The molecule has 0 aliphatic carbocycles. The van der Waals surface area contributed by atoms with Crippen molar-refractivity contribution in [2.24, 2.45) is 5.92 Å². The van der Waals surface area contributed by atoms with Gasteiger partial charge in [-0.05, 0) is 47.6 Å². The molecule has 1 aliphatic rings. The van der Waals surface area contributed by atoms with Crippen LogP contribution < -0.4 is 5.32 Å². The van der Waals surface area contributed by atoms with Gasteiger partial charge >= 0.3 is 0 Å². The maximum absolute atomic E-state index is 6.21. The Morgan fingerprint density at radius 3 is 2.28 bits per heavy atom. The fourth-order valence-corrected chi connectivity index (χ4v) is 3.54. The van der Waals surface area contributed by atoms with E-state index in [9.17, 15) is 0 Å². The van der Waals surface area contributed by atoms with E-state index in [0.29, 0.717) is 12.0 Å². The third-order valence-corrected chi connectivity index (χ3v) is 4.19. The Morgan fingerprint density at radius 1 is 1.33 bits per heavy atom. The van der Waals surface area contributed by atoms with Crippen LogP contribution in [0.25, 0.3) is 0 Å². The summed E-state index contributed by atoms with van der Waals surface area (Å²) in [5.41, 5.74) is -0.129. The summed E-state index contributed by atoms with van der Waals surface area (Å²) in [4.78, 5) is 0. The lowest BCUT2D eigenvalue weighted by atomic mass is 9.78. The molecule has 108 valence electrons. The zero-order chi connectivity index (χ0) is 14.0. The van der Waals surface area contributed by atoms with E-state index in [2.05, 4.69) is 39.9 Å². The molecule has 0 spiro atoms. The van der Waals surface area contributed by atoms with E-state index in [-0.39, 0.29) is 17.3 Å². The second-order valence-electron chi connectivity index (χ2n) is 6.65. The van der Waals surface area contributed by atoms with Crippen molar-refractivity contribution in [3.8, 4) is 0 Å². The molecule has 1 aliphatic heterocycles. The number of hydrogen-bond donors (Lipinski definition) is 1. The van der Waals surface area contributed by atoms with E-state index < -0.39 is 0 Å². The van der Waals surface area contributed by atoms with Gasteiger partial charge in [0.15, 0.2) is 0 Å². The van der Waals surface area contributed by atoms with Gasteiger partial charge < -0.3 is 14.8 Å². The number of rotatable bonds is 6. The number of likely N-dealkylation sites (N-methyl/N-ethyl adjacent to an activating group) is 1. The fourth-order valence-electron chi connectivity index (χ4n) is 3.54. The minimum atomic E-state index is -0.0955. The van der Waals surface area contributed by atoms with E-state index in [1.165, 1.54) is 0 Å². The SMILES string of the molecule is CCCC(OC)C(NC)C1CC(C)(C)OC1(C)C. The predicted octanol–water partition coefficient (Wildman–Crippen LogP) is 2.98. The minimum Gasteiger partial charge on any atom is -0.380 e. The first kappa shape index (κ1) is 15.9. The Hall–Kier alpha value is -0.120. The largest absolute Gasteiger partial charge is 0.380 e. The third-order valence-electron chi connectivity index (χ3n) is 4.19. The van der Waals surface area contributed by atoms with Gasteiger partial charge in [-0.3, -0.25) is 0 Å². The average molecular weight is 257 g/mol. The van der Waals surface area contributed by atoms with Crippen molar-refractivity contribution in [3.05, 3.63) is 0 Å². The van der Waals surface area contributed by atoms with Gasteiger partial charge in [0.2, 0.25) is 0 Å². The molecule has 1 saturated heterocycles. The maximum atomic E-state index is 6.21. The summed E-state index contributed by atoms with van der Waals surface area (Å²) in [6.07, 6.45) is 3.58. The van der Waals surface area contributed by atoms with Crippen LogP contribution in [0.2, 0.25) is 0 Å². The zero-order valence-corrected chi connectivity index (χ0v) is 13.2. The van der Waals surface area contributed by atoms with E-state index in [1.807, 2.05) is 14.2 Å². The highest BCUT2D eigenvalue weighted by atomic mass is 16.5. The maximum Gasteiger partial charge on any atom is 0.0727 e. The minimum absolute atomic E-state index is 0.0340. The van der Waals surface area contributed by atoms with Crippen LogP contribution in [0.15, 0.2) is 0 Å². The number of methoxy groups -OCH3 is 1. The Bertz CT molecular complexity index is 263. The summed E-state index contributed by atoms with van der Waals surface area (Å²) in [6.45, 7) is 11.0. The molecule has 3 nitrogen and oxygen atoms in total. The smallest absolute Gasteiger partial charge is 0.0727 e. The van der Waals surface area contributed by atoms with Crippen molar-refractivity contribution in [1.29, 1.82) is 0 Å². The molecule has 3 atom stereocenters. The van der Waals surface area contributed by atoms with Gasteiger partial charge in [-0.2, -0.15) is 0 Å². The number of ether oxygens (including phenoxy) is 2. The molecule has 0 amide bonds. The van der Waals surface area contributed by atoms with Crippen LogP contribution in [0.3, 0.4) is 0 Å². The Morgan fingerprint density at radius 2 is 1.94 bits per heavy atom. The molecule has 18 heavy (non-hydrogen) atoms. The molecule has 0 aromatic carbocycles. The molecule has 1 N–H and O–H groups in total. The first-order valence-electron chi connectivity index (χ1n) is 7.17. The topological polar surface area (TPSA) is 30.5 Å². The zero-order valence-electron chi connectivity index (χ0n) is 13.2. The van der Waals surface area contributed by atoms with E-state index in [1.54, 1.807) is 0 Å². The molecular weight excluding hydrogens is 226 g/mol. The van der Waals surface area contributed by atoms with Crippen LogP contribution in [0.1, 0.15) is 53.9 Å². The standard InChI is InChI=1S/C15H31NO2/c1-8-9-12(17-7)13(16-6)11-10-14(2,3)18-15(11,4)5/h11-13,16H,8-10H2,1-7H3. The van der Waals surface area contributed by atoms with Crippen LogP contribution in [-0.4, -0.2) is 37.5 Å². The highest BCUT2D eigenvalue weighted by molar-refractivity contribution is 5.01. The Labute approximate surface area is 113 Å².